The van der Waals surface area contributed by atoms with Crippen LogP contribution in [0.15, 0.2) is 72.2 Å². The highest BCUT2D eigenvalue weighted by molar-refractivity contribution is 5.99. The number of likely N-dealkylation sites (N-methyl/N-ethyl adjacent to an activating group) is 1. The first kappa shape index (κ1) is 70.6. The molecule has 10 amide bonds. The lowest BCUT2D eigenvalue weighted by Crippen LogP contribution is -2.61. The molecule has 0 radical (unpaired) electrons. The van der Waals surface area contributed by atoms with E-state index < -0.39 is 108 Å². The van der Waals surface area contributed by atoms with Crippen molar-refractivity contribution in [1.82, 2.24) is 67.7 Å². The highest BCUT2D eigenvalue weighted by atomic mass is 16.3. The molecule has 9 atom stereocenters. The van der Waals surface area contributed by atoms with Crippen molar-refractivity contribution in [3.63, 3.8) is 0 Å². The number of likely N-dealkylation sites (tertiary alicyclic amines) is 1. The van der Waals surface area contributed by atoms with E-state index >= 15 is 0 Å². The van der Waals surface area contributed by atoms with Crippen LogP contribution in [0.4, 0.5) is 0 Å². The normalized spacial score (nSPS) is 16.8. The molecule has 29 nitrogen and oxygen atoms in total. The number of phenolic OH excluding ortho intramolecular Hbond substituents is 1. The number of aliphatic hydroxyl groups excluding tert-OH is 2. The van der Waals surface area contributed by atoms with Gasteiger partial charge in [0, 0.05) is 81.4 Å². The van der Waals surface area contributed by atoms with E-state index in [2.05, 4.69) is 67.8 Å². The fourth-order valence-corrected chi connectivity index (χ4v) is 10.5. The van der Waals surface area contributed by atoms with Gasteiger partial charge in [-0.1, -0.05) is 58.0 Å². The predicted octanol–water partition coefficient (Wildman–Crippen LogP) is -1.83. The van der Waals surface area contributed by atoms with Gasteiger partial charge in [0.05, 0.1) is 12.9 Å². The predicted molar refractivity (Wildman–Crippen MR) is 328 cm³/mol. The topological polar surface area (TPSA) is 452 Å². The number of aliphatic imine (C=N–C) groups is 1. The van der Waals surface area contributed by atoms with Crippen molar-refractivity contribution in [2.24, 2.45) is 28.3 Å². The number of hydrogen-bond donors (Lipinski definition) is 16. The van der Waals surface area contributed by atoms with Crippen LogP contribution >= 0.6 is 0 Å². The van der Waals surface area contributed by atoms with Gasteiger partial charge in [-0.25, -0.2) is 4.98 Å². The van der Waals surface area contributed by atoms with Crippen molar-refractivity contribution in [2.45, 2.75) is 160 Å². The largest absolute Gasteiger partial charge is 0.508 e. The molecule has 0 aliphatic carbocycles. The van der Waals surface area contributed by atoms with Crippen LogP contribution in [0.2, 0.25) is 0 Å². The number of nitrogens with two attached hydrogens (primary N) is 2. The molecular weight excluding hydrogens is 1150 g/mol. The summed E-state index contributed by atoms with van der Waals surface area (Å²) in [7, 11) is 1.00. The number of aromatic amines is 2. The summed E-state index contributed by atoms with van der Waals surface area (Å²) in [6.45, 7) is 8.82. The first-order valence-corrected chi connectivity index (χ1v) is 29.9. The van der Waals surface area contributed by atoms with Gasteiger partial charge in [0.15, 0.2) is 5.96 Å². The number of amides is 10. The lowest BCUT2D eigenvalue weighted by molar-refractivity contribution is -0.142. The van der Waals surface area contributed by atoms with E-state index in [9.17, 15) is 58.2 Å². The number of carbonyl (C=O) groups excluding carboxylic acids is 10. The molecule has 4 aromatic rings. The molecule has 0 bridgehead atoms. The van der Waals surface area contributed by atoms with Crippen LogP contribution < -0.4 is 59.3 Å². The Morgan fingerprint density at radius 2 is 1.26 bits per heavy atom. The van der Waals surface area contributed by atoms with Crippen LogP contribution in [0, 0.1) is 11.8 Å². The van der Waals surface area contributed by atoms with Crippen molar-refractivity contribution in [2.75, 3.05) is 33.4 Å². The van der Waals surface area contributed by atoms with Gasteiger partial charge in [0.25, 0.3) is 0 Å². The van der Waals surface area contributed by atoms with E-state index in [1.54, 1.807) is 45.2 Å². The quantitative estimate of drug-likeness (QED) is 0.0145. The summed E-state index contributed by atoms with van der Waals surface area (Å²) < 4.78 is 0. The lowest BCUT2D eigenvalue weighted by atomic mass is 9.98. The van der Waals surface area contributed by atoms with Crippen molar-refractivity contribution >= 4 is 75.9 Å². The number of aliphatic hydroxyl groups is 2. The van der Waals surface area contributed by atoms with Crippen molar-refractivity contribution in [1.29, 1.82) is 0 Å². The van der Waals surface area contributed by atoms with Crippen molar-refractivity contribution < 1.29 is 63.3 Å². The Kier molecular flexibility index (Phi) is 27.8. The minimum atomic E-state index is -1.75. The average molecular weight is 1240 g/mol. The number of imidazole rings is 1. The summed E-state index contributed by atoms with van der Waals surface area (Å²) in [5, 5.41) is 52.9. The number of guanidine groups is 1. The number of aromatic nitrogens is 3. The molecule has 29 heteroatoms. The summed E-state index contributed by atoms with van der Waals surface area (Å²) in [5.41, 5.74) is 13.3. The molecule has 4 heterocycles. The number of para-hydroxylation sites is 1. The summed E-state index contributed by atoms with van der Waals surface area (Å²) >= 11 is 0. The average Bonchev–Trinajstić information content (AvgIpc) is 2.42. The number of fused-ring (bicyclic) bond motifs is 1. The fourth-order valence-electron chi connectivity index (χ4n) is 10.5. The van der Waals surface area contributed by atoms with Gasteiger partial charge in [-0.2, -0.15) is 0 Å². The molecule has 486 valence electrons. The molecule has 0 saturated carbocycles. The molecule has 0 spiro atoms. The zero-order valence-corrected chi connectivity index (χ0v) is 51.2. The SMILES string of the molecule is CCNC(=O)[C@@H]1CCCN1C(=O)[C@H](CCCN=C(N)N)NC(=O)[C@H](CC(C)C)NC(=O)[C@@H](CC(C)C)NC(=O)[C@H](Cc1ccc(O)cc1)NC(=O)[C@H](CO)NC(=O)[C@H](Cc1c[nH]c2ccccc12)NC(=O)[C@H](Cc1cnc[nH]1)NC(=O)[C@@H]1CCC(=O)N1.CO. The fraction of sp³-hybridized carbons (Fsp3) is 0.533. The summed E-state index contributed by atoms with van der Waals surface area (Å²) in [6, 6.07) is 1.58. The maximum atomic E-state index is 14.7. The molecule has 18 N–H and O–H groups in total. The Bertz CT molecular complexity index is 3060. The van der Waals surface area contributed by atoms with E-state index in [1.807, 2.05) is 19.9 Å². The third-order valence-corrected chi connectivity index (χ3v) is 14.9. The van der Waals surface area contributed by atoms with Gasteiger partial charge >= 0.3 is 0 Å². The molecule has 2 aliphatic heterocycles. The highest BCUT2D eigenvalue weighted by Gasteiger charge is 2.40. The Labute approximate surface area is 516 Å². The third kappa shape index (κ3) is 21.6. The van der Waals surface area contributed by atoms with Crippen molar-refractivity contribution in [3.05, 3.63) is 84.1 Å². The van der Waals surface area contributed by atoms with Gasteiger partial charge in [-0.3, -0.25) is 52.9 Å². The monoisotopic (exact) mass is 1240 g/mol. The molecule has 2 aromatic heterocycles. The Balaban J connectivity index is 0.00000713. The van der Waals surface area contributed by atoms with Crippen LogP contribution in [-0.2, 0) is 67.2 Å². The van der Waals surface area contributed by atoms with Crippen LogP contribution in [0.25, 0.3) is 10.9 Å². The van der Waals surface area contributed by atoms with Gasteiger partial charge in [0.1, 0.15) is 60.1 Å². The number of rotatable bonds is 32. The zero-order valence-electron chi connectivity index (χ0n) is 51.2. The van der Waals surface area contributed by atoms with Gasteiger partial charge in [0.2, 0.25) is 59.1 Å². The number of carbonyl (C=O) groups is 10. The van der Waals surface area contributed by atoms with Gasteiger partial charge in [-0.15, -0.1) is 0 Å². The number of benzene rings is 2. The summed E-state index contributed by atoms with van der Waals surface area (Å²) in [5.74, 6) is -7.55. The first-order valence-electron chi connectivity index (χ1n) is 29.9. The second kappa shape index (κ2) is 35.0. The maximum absolute atomic E-state index is 14.7. The Morgan fingerprint density at radius 3 is 1.82 bits per heavy atom. The minimum absolute atomic E-state index is 0.0397. The lowest BCUT2D eigenvalue weighted by Gasteiger charge is -2.31. The van der Waals surface area contributed by atoms with E-state index in [4.69, 9.17) is 16.6 Å². The minimum Gasteiger partial charge on any atom is -0.508 e. The van der Waals surface area contributed by atoms with Crippen LogP contribution in [0.3, 0.4) is 0 Å². The van der Waals surface area contributed by atoms with Crippen molar-refractivity contribution in [3.8, 4) is 5.75 Å². The van der Waals surface area contributed by atoms with Crippen LogP contribution in [0.1, 0.15) is 103 Å². The van der Waals surface area contributed by atoms with Gasteiger partial charge < -0.3 is 89.5 Å². The number of H-pyrrole nitrogens is 2. The third-order valence-electron chi connectivity index (χ3n) is 14.9. The van der Waals surface area contributed by atoms with Crippen LogP contribution in [-0.4, -0.2) is 188 Å². The molecular formula is C60H88N16O13. The smallest absolute Gasteiger partial charge is 0.245 e. The van der Waals surface area contributed by atoms with E-state index in [-0.39, 0.29) is 106 Å². The zero-order chi connectivity index (χ0) is 65.3. The van der Waals surface area contributed by atoms with E-state index in [0.29, 0.717) is 41.6 Å². The maximum Gasteiger partial charge on any atom is 0.245 e. The number of nitrogens with one attached hydrogen (secondary N) is 11. The molecule has 2 aliphatic rings. The molecule has 6 rings (SSSR count). The molecule has 2 aromatic carbocycles. The van der Waals surface area contributed by atoms with E-state index in [1.165, 1.54) is 41.7 Å². The van der Waals surface area contributed by atoms with E-state index in [0.717, 1.165) is 12.6 Å². The van der Waals surface area contributed by atoms with Gasteiger partial charge in [-0.05, 0) is 93.0 Å². The standard InChI is InChI=1S/C59H84N16O12.CH4O/c1-6-63-57(86)48-14-10-22-75(48)58(87)41(13-9-21-64-59(60)61)68-51(80)42(23-32(2)3)69-52(81)43(24-33(4)5)70-53(82)44(25-34-15-17-37(77)18-16-34)71-56(85)47(30-76)74-54(83)45(26-35-28-65-39-12-8-7-11-38(35)39)72-55(84)46(27-36-29-62-31-66-36)73-50(79)40-19-20-49(78)67-40;1-2/h7-8,11-12,15-18,28-29,31-33,40-48,65,76-77H,6,9-10,13-14,19-27,30H2,1-5H3,(H,62,66)(H,63,86)(H,67,78)(H,68,80)(H,69,81)(H,70,82)(H,71,85)(H,72,84)(H,73,79)(H,74,83)(H4,60,61,64);2H,1H3/t40-,41-,42-,43+,44-,45-,46-,47-,48-;/m0./s1. The number of aromatic hydroxyl groups is 1. The highest BCUT2D eigenvalue weighted by Crippen LogP contribution is 2.22. The number of phenols is 1. The second-order valence-corrected chi connectivity index (χ2v) is 22.8. The molecule has 2 fully saturated rings. The first-order chi connectivity index (χ1) is 42.5. The Hall–Kier alpha value is -9.12. The number of nitrogens with zero attached hydrogens (tertiary/aromatic N) is 3. The number of hydrogen-bond acceptors (Lipinski definition) is 15. The Morgan fingerprint density at radius 1 is 0.697 bits per heavy atom. The molecule has 0 unspecified atom stereocenters. The summed E-state index contributed by atoms with van der Waals surface area (Å²) in [6.07, 6.45) is 5.80. The van der Waals surface area contributed by atoms with Crippen LogP contribution in [0.5, 0.6) is 5.75 Å². The second-order valence-electron chi connectivity index (χ2n) is 22.8. The molecule has 89 heavy (non-hydrogen) atoms. The molecule has 2 saturated heterocycles. The summed E-state index contributed by atoms with van der Waals surface area (Å²) in [4.78, 5) is 155.